The van der Waals surface area contributed by atoms with Gasteiger partial charge in [0, 0.05) is 19.3 Å². The Balaban J connectivity index is 4.21. The molecule has 6 heteroatoms. The van der Waals surface area contributed by atoms with Crippen LogP contribution in [0.4, 0.5) is 0 Å². The second-order valence-electron chi connectivity index (χ2n) is 23.8. The average molecular weight is 1120 g/mol. The normalized spacial score (nSPS) is 12.4. The molecule has 0 aliphatic carbocycles. The molecule has 0 amide bonds. The lowest BCUT2D eigenvalue weighted by molar-refractivity contribution is -0.167. The number of carbonyl (C=O) groups excluding carboxylic acids is 3. The van der Waals surface area contributed by atoms with Crippen LogP contribution in [-0.4, -0.2) is 37.2 Å². The van der Waals surface area contributed by atoms with Gasteiger partial charge in [0.15, 0.2) is 6.10 Å². The van der Waals surface area contributed by atoms with Gasteiger partial charge in [-0.1, -0.05) is 332 Å². The predicted molar refractivity (Wildman–Crippen MR) is 348 cm³/mol. The summed E-state index contributed by atoms with van der Waals surface area (Å²) < 4.78 is 17.0. The molecule has 466 valence electrons. The van der Waals surface area contributed by atoms with Crippen LogP contribution in [0.3, 0.4) is 0 Å². The highest BCUT2D eigenvalue weighted by Crippen LogP contribution is 2.18. The van der Waals surface area contributed by atoms with Crippen molar-refractivity contribution < 1.29 is 28.6 Å². The number of hydrogen-bond acceptors (Lipinski definition) is 6. The summed E-state index contributed by atoms with van der Waals surface area (Å²) in [6, 6.07) is 0. The summed E-state index contributed by atoms with van der Waals surface area (Å²) in [6.07, 6.45) is 88.3. The summed E-state index contributed by atoms with van der Waals surface area (Å²) in [5, 5.41) is 0. The fourth-order valence-electron chi connectivity index (χ4n) is 10.5. The summed E-state index contributed by atoms with van der Waals surface area (Å²) in [7, 11) is 0. The van der Waals surface area contributed by atoms with Crippen molar-refractivity contribution in [3.05, 3.63) is 60.8 Å². The quantitative estimate of drug-likeness (QED) is 0.0261. The maximum atomic E-state index is 12.9. The molecule has 0 saturated carbocycles. The zero-order chi connectivity index (χ0) is 57.8. The first-order chi connectivity index (χ1) is 39.5. The van der Waals surface area contributed by atoms with Gasteiger partial charge < -0.3 is 14.2 Å². The standard InChI is InChI=1S/C74H134O6/c1-4-7-10-13-16-19-22-25-27-29-31-33-35-36-37-38-40-41-43-45-47-49-52-55-58-61-64-67-73(76)79-70-71(69-78-72(75)66-63-60-57-54-51-24-21-18-15-12-9-6-3)80-74(77)68-65-62-59-56-53-50-48-46-44-42-39-34-32-30-28-26-23-20-17-14-11-8-5-2/h7,10,16,18-19,21,25,27,31,33,71H,4-6,8-9,11-15,17,20,22-24,26,28-30,32,34-70H2,1-3H3/b10-7-,19-16-,21-18-,27-25-,33-31-. The zero-order valence-corrected chi connectivity index (χ0v) is 53.6. The topological polar surface area (TPSA) is 78.9 Å². The molecular weight excluding hydrogens is 985 g/mol. The lowest BCUT2D eigenvalue weighted by atomic mass is 10.0. The molecule has 0 aliphatic rings. The van der Waals surface area contributed by atoms with Crippen LogP contribution in [0.2, 0.25) is 0 Å². The van der Waals surface area contributed by atoms with Gasteiger partial charge in [-0.3, -0.25) is 14.4 Å². The SMILES string of the molecule is CC/C=C\C/C=C\C/C=C\C/C=C\CCCCCCCCCCCCCCCCC(=O)OCC(COC(=O)CCCCCCC/C=C\CCCCC)OC(=O)CCCCCCCCCCCCCCCCCCCCCCCCC. The zero-order valence-electron chi connectivity index (χ0n) is 53.6. The summed E-state index contributed by atoms with van der Waals surface area (Å²) in [4.78, 5) is 38.4. The molecule has 0 fully saturated rings. The van der Waals surface area contributed by atoms with Gasteiger partial charge in [0.1, 0.15) is 13.2 Å². The molecule has 0 aromatic heterocycles. The van der Waals surface area contributed by atoms with Crippen LogP contribution in [-0.2, 0) is 28.6 Å². The monoisotopic (exact) mass is 1120 g/mol. The fraction of sp³-hybridized carbons (Fsp3) is 0.824. The third kappa shape index (κ3) is 65.9. The molecule has 0 radical (unpaired) electrons. The van der Waals surface area contributed by atoms with Crippen LogP contribution >= 0.6 is 0 Å². The lowest BCUT2D eigenvalue weighted by Gasteiger charge is -2.18. The van der Waals surface area contributed by atoms with Crippen LogP contribution < -0.4 is 0 Å². The maximum absolute atomic E-state index is 12.9. The first-order valence-electron chi connectivity index (χ1n) is 35.3. The van der Waals surface area contributed by atoms with Crippen LogP contribution in [0.15, 0.2) is 60.8 Å². The molecule has 0 aromatic rings. The van der Waals surface area contributed by atoms with E-state index in [2.05, 4.69) is 81.5 Å². The van der Waals surface area contributed by atoms with Crippen molar-refractivity contribution in [3.63, 3.8) is 0 Å². The van der Waals surface area contributed by atoms with E-state index in [1.165, 1.54) is 244 Å². The third-order valence-corrected chi connectivity index (χ3v) is 15.8. The van der Waals surface area contributed by atoms with Gasteiger partial charge in [-0.25, -0.2) is 0 Å². The molecule has 1 unspecified atom stereocenters. The van der Waals surface area contributed by atoms with Crippen LogP contribution in [0.5, 0.6) is 0 Å². The highest BCUT2D eigenvalue weighted by atomic mass is 16.6. The highest BCUT2D eigenvalue weighted by molar-refractivity contribution is 5.71. The molecular formula is C74H134O6. The van der Waals surface area contributed by atoms with E-state index in [0.717, 1.165) is 89.9 Å². The van der Waals surface area contributed by atoms with E-state index in [9.17, 15) is 14.4 Å². The van der Waals surface area contributed by atoms with Crippen molar-refractivity contribution in [1.29, 1.82) is 0 Å². The third-order valence-electron chi connectivity index (χ3n) is 15.8. The summed E-state index contributed by atoms with van der Waals surface area (Å²) >= 11 is 0. The molecule has 80 heavy (non-hydrogen) atoms. The Morgan fingerprint density at radius 2 is 0.487 bits per heavy atom. The van der Waals surface area contributed by atoms with Gasteiger partial charge in [0.2, 0.25) is 0 Å². The van der Waals surface area contributed by atoms with E-state index in [0.29, 0.717) is 19.3 Å². The van der Waals surface area contributed by atoms with Gasteiger partial charge >= 0.3 is 17.9 Å². The largest absolute Gasteiger partial charge is 0.462 e. The van der Waals surface area contributed by atoms with Crippen molar-refractivity contribution in [2.45, 2.75) is 380 Å². The second-order valence-corrected chi connectivity index (χ2v) is 23.8. The molecule has 1 atom stereocenters. The number of allylic oxidation sites excluding steroid dienone is 10. The highest BCUT2D eigenvalue weighted by Gasteiger charge is 2.19. The minimum atomic E-state index is -0.776. The number of unbranched alkanes of at least 4 members (excludes halogenated alkanes) is 44. The van der Waals surface area contributed by atoms with Crippen molar-refractivity contribution in [2.24, 2.45) is 0 Å². The Kier molecular flexibility index (Phi) is 66.1. The van der Waals surface area contributed by atoms with Gasteiger partial charge in [-0.05, 0) is 83.5 Å². The van der Waals surface area contributed by atoms with Gasteiger partial charge in [-0.15, -0.1) is 0 Å². The molecule has 0 rings (SSSR count). The molecule has 0 spiro atoms. The number of esters is 3. The van der Waals surface area contributed by atoms with Crippen molar-refractivity contribution in [1.82, 2.24) is 0 Å². The Bertz CT molecular complexity index is 1430. The number of hydrogen-bond donors (Lipinski definition) is 0. The number of rotatable bonds is 65. The van der Waals surface area contributed by atoms with E-state index in [1.807, 2.05) is 0 Å². The van der Waals surface area contributed by atoms with E-state index < -0.39 is 6.10 Å². The fourth-order valence-corrected chi connectivity index (χ4v) is 10.5. The molecule has 0 aromatic carbocycles. The molecule has 6 nitrogen and oxygen atoms in total. The lowest BCUT2D eigenvalue weighted by Crippen LogP contribution is -2.30. The van der Waals surface area contributed by atoms with E-state index in [1.54, 1.807) is 0 Å². The van der Waals surface area contributed by atoms with Crippen LogP contribution in [0, 0.1) is 0 Å². The predicted octanol–water partition coefficient (Wildman–Crippen LogP) is 24.3. The van der Waals surface area contributed by atoms with Crippen LogP contribution in [0.25, 0.3) is 0 Å². The molecule has 0 aliphatic heterocycles. The Morgan fingerprint density at radius 1 is 0.263 bits per heavy atom. The Labute approximate surface area is 498 Å². The molecule has 0 bridgehead atoms. The smallest absolute Gasteiger partial charge is 0.306 e. The first kappa shape index (κ1) is 77.1. The van der Waals surface area contributed by atoms with Gasteiger partial charge in [0.25, 0.3) is 0 Å². The van der Waals surface area contributed by atoms with Crippen LogP contribution in [0.1, 0.15) is 374 Å². The van der Waals surface area contributed by atoms with Crippen molar-refractivity contribution >= 4 is 17.9 Å². The molecule has 0 heterocycles. The molecule has 0 N–H and O–H groups in total. The van der Waals surface area contributed by atoms with Crippen molar-refractivity contribution in [2.75, 3.05) is 13.2 Å². The molecule has 0 saturated heterocycles. The van der Waals surface area contributed by atoms with E-state index in [4.69, 9.17) is 14.2 Å². The van der Waals surface area contributed by atoms with E-state index in [-0.39, 0.29) is 31.1 Å². The minimum absolute atomic E-state index is 0.0724. The summed E-state index contributed by atoms with van der Waals surface area (Å²) in [6.45, 7) is 6.56. The minimum Gasteiger partial charge on any atom is -0.462 e. The number of carbonyl (C=O) groups is 3. The summed E-state index contributed by atoms with van der Waals surface area (Å²) in [5.41, 5.74) is 0. The second kappa shape index (κ2) is 68.6. The van der Waals surface area contributed by atoms with E-state index >= 15 is 0 Å². The van der Waals surface area contributed by atoms with Crippen molar-refractivity contribution in [3.8, 4) is 0 Å². The number of ether oxygens (including phenoxy) is 3. The Hall–Kier alpha value is -2.89. The first-order valence-corrected chi connectivity index (χ1v) is 35.3. The maximum Gasteiger partial charge on any atom is 0.306 e. The van der Waals surface area contributed by atoms with Gasteiger partial charge in [-0.2, -0.15) is 0 Å². The van der Waals surface area contributed by atoms with Gasteiger partial charge in [0.05, 0.1) is 0 Å². The summed E-state index contributed by atoms with van der Waals surface area (Å²) in [5.74, 6) is -0.858. The Morgan fingerprint density at radius 3 is 0.800 bits per heavy atom. The average Bonchev–Trinajstić information content (AvgIpc) is 3.46.